The van der Waals surface area contributed by atoms with Crippen molar-refractivity contribution in [3.63, 3.8) is 0 Å². The quantitative estimate of drug-likeness (QED) is 0.338. The van der Waals surface area contributed by atoms with Crippen LogP contribution in [0.25, 0.3) is 11.8 Å². The first-order chi connectivity index (χ1) is 18.7. The van der Waals surface area contributed by atoms with Gasteiger partial charge in [0.25, 0.3) is 5.56 Å². The summed E-state index contributed by atoms with van der Waals surface area (Å²) in [6.07, 6.45) is 1.84. The Labute approximate surface area is 228 Å². The molecule has 1 aliphatic heterocycles. The van der Waals surface area contributed by atoms with Gasteiger partial charge in [-0.2, -0.15) is 0 Å². The van der Waals surface area contributed by atoms with E-state index in [0.29, 0.717) is 31.9 Å². The average molecular weight is 546 g/mol. The van der Waals surface area contributed by atoms with Gasteiger partial charge in [-0.05, 0) is 75.7 Å². The minimum atomic E-state index is -0.759. The number of ether oxygens (including phenoxy) is 2. The maximum atomic E-state index is 14.0. The van der Waals surface area contributed by atoms with E-state index >= 15 is 0 Å². The monoisotopic (exact) mass is 545 g/mol. The third-order valence-corrected chi connectivity index (χ3v) is 7.78. The zero-order chi connectivity index (χ0) is 27.8. The van der Waals surface area contributed by atoms with Gasteiger partial charge in [-0.3, -0.25) is 9.36 Å². The molecule has 0 radical (unpaired) electrons. The molecule has 0 N–H and O–H groups in total. The normalized spacial score (nSPS) is 15.2. The van der Waals surface area contributed by atoms with Gasteiger partial charge in [0.05, 0.1) is 29.5 Å². The third-order valence-electron chi connectivity index (χ3n) is 6.79. The Hall–Kier alpha value is -4.24. The van der Waals surface area contributed by atoms with E-state index in [2.05, 4.69) is 4.99 Å². The third kappa shape index (κ3) is 4.63. The van der Waals surface area contributed by atoms with Crippen LogP contribution in [0.1, 0.15) is 42.4 Å². The van der Waals surface area contributed by atoms with Crippen molar-refractivity contribution in [2.45, 2.75) is 33.7 Å². The molecule has 9 heteroatoms. The summed E-state index contributed by atoms with van der Waals surface area (Å²) >= 11 is 1.26. The van der Waals surface area contributed by atoms with Crippen LogP contribution in [0, 0.1) is 19.7 Å². The number of hydrogen-bond donors (Lipinski definition) is 0. The van der Waals surface area contributed by atoms with Gasteiger partial charge in [-0.25, -0.2) is 14.2 Å². The highest BCUT2D eigenvalue weighted by Crippen LogP contribution is 2.35. The van der Waals surface area contributed by atoms with Gasteiger partial charge in [0.15, 0.2) is 4.80 Å². The fourth-order valence-electron chi connectivity index (χ4n) is 5.04. The van der Waals surface area contributed by atoms with E-state index in [1.807, 2.05) is 48.8 Å². The molecule has 1 atom stereocenters. The first kappa shape index (κ1) is 26.4. The van der Waals surface area contributed by atoms with Crippen LogP contribution < -0.4 is 19.6 Å². The summed E-state index contributed by atoms with van der Waals surface area (Å²) < 4.78 is 28.5. The Morgan fingerprint density at radius 3 is 2.54 bits per heavy atom. The Kier molecular flexibility index (Phi) is 7.10. The Morgan fingerprint density at radius 1 is 1.13 bits per heavy atom. The molecule has 0 saturated heterocycles. The summed E-state index contributed by atoms with van der Waals surface area (Å²) in [7, 11) is 1.56. The number of para-hydroxylation sites is 1. The molecule has 0 bridgehead atoms. The molecule has 0 saturated carbocycles. The van der Waals surface area contributed by atoms with Gasteiger partial charge >= 0.3 is 5.97 Å². The van der Waals surface area contributed by atoms with Crippen LogP contribution in [0.2, 0.25) is 0 Å². The molecule has 2 aromatic carbocycles. The first-order valence-corrected chi connectivity index (χ1v) is 13.3. The number of thiazole rings is 1. The molecule has 0 spiro atoms. The minimum absolute atomic E-state index is 0.197. The van der Waals surface area contributed by atoms with E-state index in [1.54, 1.807) is 43.7 Å². The van der Waals surface area contributed by atoms with Crippen LogP contribution in [-0.4, -0.2) is 28.8 Å². The van der Waals surface area contributed by atoms with Crippen molar-refractivity contribution < 1.29 is 18.7 Å². The number of carbonyl (C=O) groups is 1. The maximum Gasteiger partial charge on any atom is 0.338 e. The highest BCUT2D eigenvalue weighted by molar-refractivity contribution is 7.07. The number of esters is 1. The predicted molar refractivity (Wildman–Crippen MR) is 149 cm³/mol. The Balaban J connectivity index is 1.71. The topological polar surface area (TPSA) is 74.8 Å². The van der Waals surface area contributed by atoms with Crippen molar-refractivity contribution >= 4 is 23.4 Å². The zero-order valence-electron chi connectivity index (χ0n) is 22.3. The molecule has 1 aliphatic rings. The molecule has 4 aromatic rings. The SMILES string of the molecule is CCOC(=O)C1=C(C)N=c2s/c(=C\c3cc(C)n(-c4ccc(F)cc4)c3C)c(=O)n2[C@@H]1c1ccccc1OC. The lowest BCUT2D eigenvalue weighted by Gasteiger charge is -2.25. The summed E-state index contributed by atoms with van der Waals surface area (Å²) in [5, 5.41) is 0. The number of hydrogen-bond acceptors (Lipinski definition) is 6. The molecule has 7 nitrogen and oxygen atoms in total. The molecule has 0 fully saturated rings. The van der Waals surface area contributed by atoms with Crippen molar-refractivity contribution in [2.24, 2.45) is 4.99 Å². The van der Waals surface area contributed by atoms with E-state index in [-0.39, 0.29) is 18.0 Å². The van der Waals surface area contributed by atoms with Gasteiger partial charge in [-0.1, -0.05) is 29.5 Å². The number of methoxy groups -OCH3 is 1. The second-order valence-electron chi connectivity index (χ2n) is 9.18. The molecule has 200 valence electrons. The fraction of sp³-hybridized carbons (Fsp3) is 0.233. The highest BCUT2D eigenvalue weighted by atomic mass is 32.1. The molecule has 2 aromatic heterocycles. The van der Waals surface area contributed by atoms with Crippen molar-refractivity contribution in [1.82, 2.24) is 9.13 Å². The number of aryl methyl sites for hydroxylation is 1. The number of rotatable bonds is 6. The van der Waals surface area contributed by atoms with Gasteiger partial charge in [0.1, 0.15) is 17.6 Å². The van der Waals surface area contributed by atoms with Crippen LogP contribution in [0.15, 0.2) is 75.7 Å². The number of benzene rings is 2. The summed E-state index contributed by atoms with van der Waals surface area (Å²) in [5.74, 6) is -0.271. The lowest BCUT2D eigenvalue weighted by Crippen LogP contribution is -2.40. The van der Waals surface area contributed by atoms with Gasteiger partial charge < -0.3 is 14.0 Å². The minimum Gasteiger partial charge on any atom is -0.496 e. The molecule has 39 heavy (non-hydrogen) atoms. The standard InChI is InChI=1S/C30H28FN3O4S/c1-6-38-29(36)26-18(3)32-30-34(27(26)23-9-7-8-10-24(23)37-5)28(35)25(39-30)16-20-15-17(2)33(19(20)4)22-13-11-21(31)12-14-22/h7-16,27H,6H2,1-5H3/b25-16-/t27-/m1/s1. The summed E-state index contributed by atoms with van der Waals surface area (Å²) in [4.78, 5) is 32.2. The van der Waals surface area contributed by atoms with Crippen molar-refractivity contribution in [3.05, 3.63) is 114 Å². The molecule has 0 amide bonds. The second kappa shape index (κ2) is 10.5. The number of fused-ring (bicyclic) bond motifs is 1. The maximum absolute atomic E-state index is 14.0. The largest absolute Gasteiger partial charge is 0.496 e. The van der Waals surface area contributed by atoms with E-state index in [1.165, 1.54) is 23.5 Å². The van der Waals surface area contributed by atoms with Gasteiger partial charge in [-0.15, -0.1) is 0 Å². The summed E-state index contributed by atoms with van der Waals surface area (Å²) in [6.45, 7) is 7.61. The van der Waals surface area contributed by atoms with Crippen molar-refractivity contribution in [3.8, 4) is 11.4 Å². The molecule has 0 aliphatic carbocycles. The highest BCUT2D eigenvalue weighted by Gasteiger charge is 2.35. The summed E-state index contributed by atoms with van der Waals surface area (Å²) in [6, 6.07) is 14.8. The van der Waals surface area contributed by atoms with Crippen LogP contribution in [0.3, 0.4) is 0 Å². The second-order valence-corrected chi connectivity index (χ2v) is 10.2. The number of halogens is 1. The molecule has 3 heterocycles. The van der Waals surface area contributed by atoms with Gasteiger partial charge in [0, 0.05) is 22.6 Å². The van der Waals surface area contributed by atoms with Crippen LogP contribution in [0.4, 0.5) is 4.39 Å². The van der Waals surface area contributed by atoms with Crippen molar-refractivity contribution in [1.29, 1.82) is 0 Å². The number of aromatic nitrogens is 2. The summed E-state index contributed by atoms with van der Waals surface area (Å²) in [5.41, 5.74) is 4.74. The first-order valence-electron chi connectivity index (χ1n) is 12.5. The van der Waals surface area contributed by atoms with Crippen LogP contribution >= 0.6 is 11.3 Å². The lowest BCUT2D eigenvalue weighted by molar-refractivity contribution is -0.139. The predicted octanol–water partition coefficient (Wildman–Crippen LogP) is 4.35. The van der Waals surface area contributed by atoms with Crippen LogP contribution in [0.5, 0.6) is 5.75 Å². The Bertz CT molecular complexity index is 1790. The van der Waals surface area contributed by atoms with E-state index in [0.717, 1.165) is 22.6 Å². The smallest absolute Gasteiger partial charge is 0.338 e. The molecule has 5 rings (SSSR count). The average Bonchev–Trinajstić information content (AvgIpc) is 3.37. The number of allylic oxidation sites excluding steroid dienone is 1. The van der Waals surface area contributed by atoms with E-state index in [9.17, 15) is 14.0 Å². The van der Waals surface area contributed by atoms with Crippen LogP contribution in [-0.2, 0) is 9.53 Å². The number of nitrogens with zero attached hydrogens (tertiary/aromatic N) is 3. The Morgan fingerprint density at radius 2 is 1.85 bits per heavy atom. The lowest BCUT2D eigenvalue weighted by atomic mass is 9.95. The van der Waals surface area contributed by atoms with Gasteiger partial charge in [0.2, 0.25) is 0 Å². The fourth-order valence-corrected chi connectivity index (χ4v) is 6.08. The van der Waals surface area contributed by atoms with E-state index < -0.39 is 12.0 Å². The molecule has 0 unspecified atom stereocenters. The molecular weight excluding hydrogens is 517 g/mol. The zero-order valence-corrected chi connectivity index (χ0v) is 23.1. The molecular formula is C30H28FN3O4S. The van der Waals surface area contributed by atoms with Crippen molar-refractivity contribution in [2.75, 3.05) is 13.7 Å². The number of carbonyl (C=O) groups excluding carboxylic acids is 1. The van der Waals surface area contributed by atoms with E-state index in [4.69, 9.17) is 9.47 Å².